The van der Waals surface area contributed by atoms with Crippen molar-refractivity contribution in [3.63, 3.8) is 0 Å². The molecule has 0 bridgehead atoms. The lowest BCUT2D eigenvalue weighted by Gasteiger charge is -2.07. The molecule has 100 valence electrons. The third kappa shape index (κ3) is 3.56. The Hall–Kier alpha value is -0.890. The highest BCUT2D eigenvalue weighted by molar-refractivity contribution is 9.10. The minimum Gasteiger partial charge on any atom is -0.263 e. The van der Waals surface area contributed by atoms with Crippen LogP contribution in [0.2, 0.25) is 10.2 Å². The average Bonchev–Trinajstić information content (AvgIpc) is 2.35. The predicted octanol–water partition coefficient (Wildman–Crippen LogP) is 3.35. The van der Waals surface area contributed by atoms with Crippen LogP contribution in [0, 0.1) is 0 Å². The summed E-state index contributed by atoms with van der Waals surface area (Å²) in [6.07, 6.45) is 2.60. The van der Waals surface area contributed by atoms with Gasteiger partial charge in [-0.25, -0.2) is 18.4 Å². The SMILES string of the molecule is O=S(=O)(Nc1ccc(Br)cn1)c1cnc(Cl)c(Cl)c1. The number of sulfonamides is 1. The van der Waals surface area contributed by atoms with Crippen LogP contribution in [0.3, 0.4) is 0 Å². The molecule has 2 rings (SSSR count). The van der Waals surface area contributed by atoms with E-state index in [9.17, 15) is 8.42 Å². The molecule has 0 saturated heterocycles. The standard InChI is InChI=1S/C10H6BrCl2N3O2S/c11-6-1-2-9(14-4-6)16-19(17,18)7-3-8(12)10(13)15-5-7/h1-5H,(H,14,16). The van der Waals surface area contributed by atoms with E-state index in [2.05, 4.69) is 30.6 Å². The Morgan fingerprint density at radius 3 is 2.47 bits per heavy atom. The summed E-state index contributed by atoms with van der Waals surface area (Å²) in [7, 11) is -3.80. The lowest BCUT2D eigenvalue weighted by atomic mass is 10.5. The van der Waals surface area contributed by atoms with Gasteiger partial charge in [0.15, 0.2) is 0 Å². The monoisotopic (exact) mass is 381 g/mol. The fraction of sp³-hybridized carbons (Fsp3) is 0. The summed E-state index contributed by atoms with van der Waals surface area (Å²) in [5.41, 5.74) is 0. The third-order valence-corrected chi connectivity index (χ3v) is 4.52. The molecule has 0 fully saturated rings. The van der Waals surface area contributed by atoms with Gasteiger partial charge >= 0.3 is 0 Å². The largest absolute Gasteiger partial charge is 0.264 e. The molecular formula is C10H6BrCl2N3O2S. The number of rotatable bonds is 3. The van der Waals surface area contributed by atoms with Gasteiger partial charge in [-0.15, -0.1) is 0 Å². The van der Waals surface area contributed by atoms with Gasteiger partial charge in [-0.2, -0.15) is 0 Å². The van der Waals surface area contributed by atoms with E-state index in [0.29, 0.717) is 0 Å². The minimum atomic E-state index is -3.80. The van der Waals surface area contributed by atoms with E-state index in [1.807, 2.05) is 0 Å². The zero-order valence-corrected chi connectivity index (χ0v) is 13.1. The first-order valence-corrected chi connectivity index (χ1v) is 7.87. The normalized spacial score (nSPS) is 11.3. The van der Waals surface area contributed by atoms with Crippen LogP contribution in [0.1, 0.15) is 0 Å². The van der Waals surface area contributed by atoms with E-state index in [1.165, 1.54) is 18.3 Å². The first-order valence-electron chi connectivity index (χ1n) is 4.84. The molecule has 1 N–H and O–H groups in total. The molecule has 5 nitrogen and oxygen atoms in total. The van der Waals surface area contributed by atoms with Crippen molar-refractivity contribution in [2.24, 2.45) is 0 Å². The number of hydrogen-bond acceptors (Lipinski definition) is 4. The van der Waals surface area contributed by atoms with Crippen molar-refractivity contribution in [3.8, 4) is 0 Å². The maximum absolute atomic E-state index is 12.0. The van der Waals surface area contributed by atoms with Crippen molar-refractivity contribution >= 4 is 55.0 Å². The van der Waals surface area contributed by atoms with Gasteiger partial charge in [0, 0.05) is 16.9 Å². The molecule has 19 heavy (non-hydrogen) atoms. The van der Waals surface area contributed by atoms with Crippen LogP contribution in [0.25, 0.3) is 0 Å². The van der Waals surface area contributed by atoms with Crippen LogP contribution in [0.5, 0.6) is 0 Å². The van der Waals surface area contributed by atoms with Crippen LogP contribution in [0.4, 0.5) is 5.82 Å². The topological polar surface area (TPSA) is 72.0 Å². The number of nitrogens with zero attached hydrogens (tertiary/aromatic N) is 2. The third-order valence-electron chi connectivity index (χ3n) is 2.05. The molecule has 0 unspecified atom stereocenters. The summed E-state index contributed by atoms with van der Waals surface area (Å²) in [6.45, 7) is 0. The Morgan fingerprint density at radius 1 is 1.16 bits per heavy atom. The molecule has 0 amide bonds. The lowest BCUT2D eigenvalue weighted by molar-refractivity contribution is 0.600. The maximum Gasteiger partial charge on any atom is 0.264 e. The van der Waals surface area contributed by atoms with Crippen LogP contribution in [-0.2, 0) is 10.0 Å². The number of pyridine rings is 2. The fourth-order valence-electron chi connectivity index (χ4n) is 1.18. The zero-order valence-electron chi connectivity index (χ0n) is 9.14. The number of anilines is 1. The lowest BCUT2D eigenvalue weighted by Crippen LogP contribution is -2.14. The van der Waals surface area contributed by atoms with E-state index in [0.717, 1.165) is 10.7 Å². The Morgan fingerprint density at radius 2 is 1.89 bits per heavy atom. The van der Waals surface area contributed by atoms with Crippen molar-refractivity contribution < 1.29 is 8.42 Å². The molecule has 0 spiro atoms. The molecule has 2 aromatic heterocycles. The van der Waals surface area contributed by atoms with Crippen LogP contribution in [-0.4, -0.2) is 18.4 Å². The molecule has 9 heteroatoms. The van der Waals surface area contributed by atoms with Crippen LogP contribution >= 0.6 is 39.1 Å². The van der Waals surface area contributed by atoms with Crippen molar-refractivity contribution in [2.45, 2.75) is 4.90 Å². The summed E-state index contributed by atoms with van der Waals surface area (Å²) in [6, 6.07) is 4.41. The van der Waals surface area contributed by atoms with Crippen LogP contribution in [0.15, 0.2) is 40.0 Å². The molecule has 0 saturated carbocycles. The van der Waals surface area contributed by atoms with Gasteiger partial charge in [0.05, 0.1) is 5.02 Å². The van der Waals surface area contributed by atoms with Crippen molar-refractivity contribution in [2.75, 3.05) is 4.72 Å². The quantitative estimate of drug-likeness (QED) is 0.826. The van der Waals surface area contributed by atoms with E-state index < -0.39 is 10.0 Å². The van der Waals surface area contributed by atoms with Gasteiger partial charge in [-0.05, 0) is 34.1 Å². The van der Waals surface area contributed by atoms with Gasteiger partial charge in [-0.3, -0.25) is 4.72 Å². The van der Waals surface area contributed by atoms with E-state index in [1.54, 1.807) is 6.07 Å². The van der Waals surface area contributed by atoms with E-state index in [-0.39, 0.29) is 20.9 Å². The molecule has 0 aliphatic carbocycles. The first kappa shape index (κ1) is 14.5. The Kier molecular flexibility index (Phi) is 4.29. The summed E-state index contributed by atoms with van der Waals surface area (Å²) in [5, 5.41) is 0.107. The summed E-state index contributed by atoms with van der Waals surface area (Å²) in [5.74, 6) is 0.189. The highest BCUT2D eigenvalue weighted by Gasteiger charge is 2.17. The van der Waals surface area contributed by atoms with Gasteiger partial charge in [0.1, 0.15) is 15.9 Å². The fourth-order valence-corrected chi connectivity index (χ4v) is 2.73. The number of nitrogens with one attached hydrogen (secondary N) is 1. The highest BCUT2D eigenvalue weighted by atomic mass is 79.9. The molecule has 2 heterocycles. The summed E-state index contributed by atoms with van der Waals surface area (Å²) < 4.78 is 27.1. The van der Waals surface area contributed by atoms with Gasteiger partial charge in [-0.1, -0.05) is 23.2 Å². The number of halogens is 3. The highest BCUT2D eigenvalue weighted by Crippen LogP contribution is 2.23. The maximum atomic E-state index is 12.0. The smallest absolute Gasteiger partial charge is 0.263 e. The molecule has 0 aromatic carbocycles. The second kappa shape index (κ2) is 5.62. The minimum absolute atomic E-state index is 0.0439. The van der Waals surface area contributed by atoms with Gasteiger partial charge < -0.3 is 0 Å². The van der Waals surface area contributed by atoms with Crippen molar-refractivity contribution in [3.05, 3.63) is 45.2 Å². The zero-order chi connectivity index (χ0) is 14.0. The van der Waals surface area contributed by atoms with Gasteiger partial charge in [0.25, 0.3) is 10.0 Å². The summed E-state index contributed by atoms with van der Waals surface area (Å²) >= 11 is 14.6. The number of hydrogen-bond donors (Lipinski definition) is 1. The Balaban J connectivity index is 2.32. The van der Waals surface area contributed by atoms with E-state index >= 15 is 0 Å². The number of aromatic nitrogens is 2. The van der Waals surface area contributed by atoms with Crippen molar-refractivity contribution in [1.82, 2.24) is 9.97 Å². The molecule has 0 aliphatic rings. The molecule has 2 aromatic rings. The molecule has 0 radical (unpaired) electrons. The molecule has 0 aliphatic heterocycles. The first-order chi connectivity index (χ1) is 8.88. The molecular weight excluding hydrogens is 377 g/mol. The van der Waals surface area contributed by atoms with E-state index in [4.69, 9.17) is 23.2 Å². The molecule has 0 atom stereocenters. The Labute approximate surface area is 128 Å². The predicted molar refractivity (Wildman–Crippen MR) is 77.0 cm³/mol. The summed E-state index contributed by atoms with van der Waals surface area (Å²) in [4.78, 5) is 7.51. The second-order valence-corrected chi connectivity index (χ2v) is 6.77. The average molecular weight is 383 g/mol. The second-order valence-electron chi connectivity index (χ2n) is 3.41. The van der Waals surface area contributed by atoms with Gasteiger partial charge in [0.2, 0.25) is 0 Å². The van der Waals surface area contributed by atoms with Crippen LogP contribution < -0.4 is 4.72 Å². The Bertz CT molecular complexity index is 707. The van der Waals surface area contributed by atoms with Crippen molar-refractivity contribution in [1.29, 1.82) is 0 Å².